The highest BCUT2D eigenvalue weighted by Crippen LogP contribution is 2.27. The normalized spacial score (nSPS) is 21.5. The van der Waals surface area contributed by atoms with Crippen molar-refractivity contribution in [2.45, 2.75) is 6.10 Å². The van der Waals surface area contributed by atoms with Crippen molar-refractivity contribution < 1.29 is 19.1 Å². The fraction of sp³-hybridized carbons (Fsp3) is 0.400. The van der Waals surface area contributed by atoms with Gasteiger partial charge in [0, 0.05) is 6.54 Å². The first-order chi connectivity index (χ1) is 9.17. The number of nitrogens with zero attached hydrogens (tertiary/aromatic N) is 3. The summed E-state index contributed by atoms with van der Waals surface area (Å²) >= 11 is 0. The number of cyclic esters (lactones) is 1. The minimum absolute atomic E-state index is 0.0952. The molecule has 0 aliphatic carbocycles. The van der Waals surface area contributed by atoms with Gasteiger partial charge in [-0.3, -0.25) is 9.69 Å². The fourth-order valence-electron chi connectivity index (χ4n) is 1.82. The fourth-order valence-corrected chi connectivity index (χ4v) is 1.82. The van der Waals surface area contributed by atoms with E-state index < -0.39 is 6.09 Å². The molecular formula is C10H11N5O4. The van der Waals surface area contributed by atoms with E-state index in [1.54, 1.807) is 0 Å². The number of nitrogens with two attached hydrogens (primary N) is 1. The Bertz CT molecular complexity index is 549. The lowest BCUT2D eigenvalue weighted by Gasteiger charge is -2.18. The number of ether oxygens (including phenoxy) is 2. The van der Waals surface area contributed by atoms with Crippen molar-refractivity contribution in [2.24, 2.45) is 5.73 Å². The third kappa shape index (κ3) is 2.03. The Labute approximate surface area is 107 Å². The highest BCUT2D eigenvalue weighted by molar-refractivity contribution is 5.94. The van der Waals surface area contributed by atoms with E-state index in [4.69, 9.17) is 15.2 Å². The second kappa shape index (κ2) is 4.35. The van der Waals surface area contributed by atoms with Crippen LogP contribution in [0.2, 0.25) is 0 Å². The zero-order valence-corrected chi connectivity index (χ0v) is 9.83. The van der Waals surface area contributed by atoms with Gasteiger partial charge in [-0.2, -0.15) is 0 Å². The van der Waals surface area contributed by atoms with E-state index in [0.717, 1.165) is 0 Å². The first-order valence-electron chi connectivity index (χ1n) is 5.65. The number of anilines is 2. The van der Waals surface area contributed by atoms with Gasteiger partial charge >= 0.3 is 6.09 Å². The summed E-state index contributed by atoms with van der Waals surface area (Å²) in [5, 5.41) is 2.52. The molecule has 0 unspecified atom stereocenters. The molecule has 1 aromatic heterocycles. The Balaban J connectivity index is 1.88. The summed E-state index contributed by atoms with van der Waals surface area (Å²) in [7, 11) is 0. The van der Waals surface area contributed by atoms with Gasteiger partial charge in [0.15, 0.2) is 18.2 Å². The third-order valence-electron chi connectivity index (χ3n) is 2.74. The molecule has 2 amide bonds. The lowest BCUT2D eigenvalue weighted by Crippen LogP contribution is -2.30. The van der Waals surface area contributed by atoms with Gasteiger partial charge < -0.3 is 20.5 Å². The molecule has 2 aliphatic heterocycles. The smallest absolute Gasteiger partial charge is 0.416 e. The van der Waals surface area contributed by atoms with Gasteiger partial charge in [0.05, 0.1) is 12.7 Å². The van der Waals surface area contributed by atoms with Gasteiger partial charge in [-0.05, 0) is 0 Å². The van der Waals surface area contributed by atoms with Gasteiger partial charge in [-0.15, -0.1) is 0 Å². The lowest BCUT2D eigenvalue weighted by molar-refractivity contribution is -0.118. The van der Waals surface area contributed by atoms with Crippen LogP contribution in [0.5, 0.6) is 5.88 Å². The lowest BCUT2D eigenvalue weighted by atomic mass is 10.3. The van der Waals surface area contributed by atoms with Crippen LogP contribution >= 0.6 is 0 Å². The highest BCUT2D eigenvalue weighted by atomic mass is 16.6. The van der Waals surface area contributed by atoms with Crippen LogP contribution in [0, 0.1) is 0 Å². The van der Waals surface area contributed by atoms with Crippen LogP contribution < -0.4 is 20.7 Å². The number of carbonyl (C=O) groups is 2. The Hall–Kier alpha value is -2.42. The number of amides is 2. The van der Waals surface area contributed by atoms with E-state index in [1.165, 1.54) is 11.1 Å². The van der Waals surface area contributed by atoms with Crippen molar-refractivity contribution in [1.29, 1.82) is 0 Å². The van der Waals surface area contributed by atoms with Crippen LogP contribution in [-0.2, 0) is 9.53 Å². The van der Waals surface area contributed by atoms with E-state index in [0.29, 0.717) is 6.54 Å². The molecule has 9 heteroatoms. The zero-order chi connectivity index (χ0) is 13.4. The Morgan fingerprint density at radius 1 is 1.53 bits per heavy atom. The van der Waals surface area contributed by atoms with Crippen molar-refractivity contribution in [2.75, 3.05) is 29.9 Å². The average Bonchev–Trinajstić information content (AvgIpc) is 2.79. The predicted octanol–water partition coefficient (Wildman–Crippen LogP) is -0.909. The summed E-state index contributed by atoms with van der Waals surface area (Å²) in [4.78, 5) is 32.3. The van der Waals surface area contributed by atoms with Gasteiger partial charge in [0.1, 0.15) is 6.10 Å². The maximum Gasteiger partial charge on any atom is 0.416 e. The standard InChI is InChI=1S/C10H11N5O4/c11-1-5-3-15(10(17)19-5)6-2-12-9-8(13-6)14-7(16)4-18-9/h2,5H,1,3-4,11H2,(H,13,14,16)/t5-/m1/s1. The quantitative estimate of drug-likeness (QED) is 0.710. The molecule has 1 atom stereocenters. The first-order valence-corrected chi connectivity index (χ1v) is 5.65. The SMILES string of the molecule is NC[C@@H]1CN(c2cnc3c(n2)NC(=O)CO3)C(=O)O1. The maximum absolute atomic E-state index is 11.6. The summed E-state index contributed by atoms with van der Waals surface area (Å²) in [5.74, 6) is 0.386. The van der Waals surface area contributed by atoms with Gasteiger partial charge in [-0.25, -0.2) is 14.8 Å². The molecule has 0 aromatic carbocycles. The van der Waals surface area contributed by atoms with Crippen LogP contribution in [-0.4, -0.2) is 47.8 Å². The molecule has 1 saturated heterocycles. The van der Waals surface area contributed by atoms with Crippen molar-refractivity contribution in [3.8, 4) is 5.88 Å². The number of rotatable bonds is 2. The molecule has 3 heterocycles. The number of fused-ring (bicyclic) bond motifs is 1. The number of nitrogens with one attached hydrogen (secondary N) is 1. The Kier molecular flexibility index (Phi) is 2.67. The van der Waals surface area contributed by atoms with Gasteiger partial charge in [0.25, 0.3) is 11.8 Å². The second-order valence-corrected chi connectivity index (χ2v) is 4.07. The minimum atomic E-state index is -0.534. The summed E-state index contributed by atoms with van der Waals surface area (Å²) in [6, 6.07) is 0. The molecule has 100 valence electrons. The summed E-state index contributed by atoms with van der Waals surface area (Å²) in [6.45, 7) is 0.445. The second-order valence-electron chi connectivity index (χ2n) is 4.07. The summed E-state index contributed by atoms with van der Waals surface area (Å²) < 4.78 is 10.1. The molecule has 3 N–H and O–H groups in total. The zero-order valence-electron chi connectivity index (χ0n) is 9.83. The van der Waals surface area contributed by atoms with Gasteiger partial charge in [0.2, 0.25) is 0 Å². The minimum Gasteiger partial charge on any atom is -0.465 e. The topological polar surface area (TPSA) is 120 Å². The van der Waals surface area contributed by atoms with Crippen LogP contribution in [0.25, 0.3) is 0 Å². The summed E-state index contributed by atoms with van der Waals surface area (Å²) in [6.07, 6.45) is 0.486. The van der Waals surface area contributed by atoms with Crippen molar-refractivity contribution in [3.63, 3.8) is 0 Å². The highest BCUT2D eigenvalue weighted by Gasteiger charge is 2.33. The molecule has 1 aromatic rings. The molecule has 9 nitrogen and oxygen atoms in total. The van der Waals surface area contributed by atoms with E-state index in [9.17, 15) is 9.59 Å². The van der Waals surface area contributed by atoms with E-state index >= 15 is 0 Å². The van der Waals surface area contributed by atoms with Crippen LogP contribution in [0.4, 0.5) is 16.4 Å². The Morgan fingerprint density at radius 2 is 2.37 bits per heavy atom. The van der Waals surface area contributed by atoms with Crippen molar-refractivity contribution in [3.05, 3.63) is 6.20 Å². The van der Waals surface area contributed by atoms with Crippen LogP contribution in [0.15, 0.2) is 6.20 Å². The molecule has 3 rings (SSSR count). The molecule has 19 heavy (non-hydrogen) atoms. The van der Waals surface area contributed by atoms with Crippen molar-refractivity contribution >= 4 is 23.6 Å². The number of carbonyl (C=O) groups excluding carboxylic acids is 2. The third-order valence-corrected chi connectivity index (χ3v) is 2.74. The van der Waals surface area contributed by atoms with E-state index in [-0.39, 0.29) is 42.7 Å². The monoisotopic (exact) mass is 265 g/mol. The Morgan fingerprint density at radius 3 is 3.11 bits per heavy atom. The number of aromatic nitrogens is 2. The largest absolute Gasteiger partial charge is 0.465 e. The van der Waals surface area contributed by atoms with Crippen LogP contribution in [0.1, 0.15) is 0 Å². The average molecular weight is 265 g/mol. The molecule has 2 aliphatic rings. The molecule has 0 spiro atoms. The molecule has 0 radical (unpaired) electrons. The van der Waals surface area contributed by atoms with E-state index in [2.05, 4.69) is 15.3 Å². The first kappa shape index (κ1) is 11.7. The van der Waals surface area contributed by atoms with Crippen molar-refractivity contribution in [1.82, 2.24) is 9.97 Å². The summed E-state index contributed by atoms with van der Waals surface area (Å²) in [5.41, 5.74) is 5.45. The molecular weight excluding hydrogens is 254 g/mol. The van der Waals surface area contributed by atoms with Crippen LogP contribution in [0.3, 0.4) is 0 Å². The maximum atomic E-state index is 11.6. The predicted molar refractivity (Wildman–Crippen MR) is 62.8 cm³/mol. The molecule has 0 saturated carbocycles. The number of hydrogen-bond acceptors (Lipinski definition) is 7. The number of hydrogen-bond donors (Lipinski definition) is 2. The van der Waals surface area contributed by atoms with Gasteiger partial charge in [-0.1, -0.05) is 0 Å². The van der Waals surface area contributed by atoms with E-state index in [1.807, 2.05) is 0 Å². The molecule has 1 fully saturated rings. The molecule has 0 bridgehead atoms.